The molecular weight excluding hydrogens is 416 g/mol. The van der Waals surface area contributed by atoms with Gasteiger partial charge in [0.2, 0.25) is 0 Å². The van der Waals surface area contributed by atoms with Crippen molar-refractivity contribution in [3.05, 3.63) is 133 Å². The standard InChI is InChI=1S/C30H22N4/c1-3-7-27(8-4-1)31-33-29-19-15-25(16-20-29)23-11-13-24(14-12-23)26-17-21-30(22-18-26)34-32-28-9-5-2-6-10-28/h1-22H. The van der Waals surface area contributed by atoms with Crippen molar-refractivity contribution in [3.8, 4) is 22.3 Å². The van der Waals surface area contributed by atoms with Crippen LogP contribution in [-0.4, -0.2) is 0 Å². The lowest BCUT2D eigenvalue weighted by atomic mass is 10.00. The van der Waals surface area contributed by atoms with Gasteiger partial charge in [-0.15, -0.1) is 0 Å². The first kappa shape index (κ1) is 21.2. The predicted molar refractivity (Wildman–Crippen MR) is 139 cm³/mol. The molecule has 5 rings (SSSR count). The number of hydrogen-bond donors (Lipinski definition) is 0. The van der Waals surface area contributed by atoms with Crippen molar-refractivity contribution in [3.63, 3.8) is 0 Å². The smallest absolute Gasteiger partial charge is 0.0857 e. The molecule has 0 spiro atoms. The molecule has 0 atom stereocenters. The van der Waals surface area contributed by atoms with Crippen LogP contribution in [0.1, 0.15) is 0 Å². The van der Waals surface area contributed by atoms with Gasteiger partial charge < -0.3 is 0 Å². The van der Waals surface area contributed by atoms with Crippen molar-refractivity contribution in [1.29, 1.82) is 0 Å². The lowest BCUT2D eigenvalue weighted by molar-refractivity contribution is 1.23. The van der Waals surface area contributed by atoms with Gasteiger partial charge in [0.15, 0.2) is 0 Å². The fourth-order valence-electron chi connectivity index (χ4n) is 3.52. The summed E-state index contributed by atoms with van der Waals surface area (Å²) in [5.41, 5.74) is 7.93. The van der Waals surface area contributed by atoms with E-state index in [2.05, 4.69) is 69.0 Å². The van der Waals surface area contributed by atoms with Crippen LogP contribution in [0, 0.1) is 0 Å². The lowest BCUT2D eigenvalue weighted by Crippen LogP contribution is -1.80. The molecule has 0 N–H and O–H groups in total. The third-order valence-corrected chi connectivity index (χ3v) is 5.36. The molecule has 0 heterocycles. The molecule has 0 amide bonds. The molecule has 34 heavy (non-hydrogen) atoms. The van der Waals surface area contributed by atoms with Crippen LogP contribution in [0.2, 0.25) is 0 Å². The third-order valence-electron chi connectivity index (χ3n) is 5.36. The normalized spacial score (nSPS) is 11.3. The van der Waals surface area contributed by atoms with E-state index in [0.29, 0.717) is 0 Å². The molecule has 4 nitrogen and oxygen atoms in total. The average molecular weight is 439 g/mol. The van der Waals surface area contributed by atoms with Crippen molar-refractivity contribution in [1.82, 2.24) is 0 Å². The molecule has 0 saturated heterocycles. The number of nitrogens with zero attached hydrogens (tertiary/aromatic N) is 4. The Morgan fingerprint density at radius 3 is 0.765 bits per heavy atom. The van der Waals surface area contributed by atoms with Crippen LogP contribution >= 0.6 is 0 Å². The maximum Gasteiger partial charge on any atom is 0.0857 e. The maximum atomic E-state index is 4.31. The summed E-state index contributed by atoms with van der Waals surface area (Å²) < 4.78 is 0. The van der Waals surface area contributed by atoms with Crippen LogP contribution in [0.25, 0.3) is 22.3 Å². The van der Waals surface area contributed by atoms with Crippen LogP contribution in [-0.2, 0) is 0 Å². The number of benzene rings is 5. The second-order valence-electron chi connectivity index (χ2n) is 7.74. The summed E-state index contributed by atoms with van der Waals surface area (Å²) in [6.45, 7) is 0. The summed E-state index contributed by atoms with van der Waals surface area (Å²) in [6.07, 6.45) is 0. The number of hydrogen-bond acceptors (Lipinski definition) is 4. The van der Waals surface area contributed by atoms with Crippen LogP contribution in [0.5, 0.6) is 0 Å². The molecule has 0 fully saturated rings. The summed E-state index contributed by atoms with van der Waals surface area (Å²) >= 11 is 0. The van der Waals surface area contributed by atoms with Gasteiger partial charge in [-0.3, -0.25) is 0 Å². The summed E-state index contributed by atoms with van der Waals surface area (Å²) in [7, 11) is 0. The molecule has 0 aromatic heterocycles. The van der Waals surface area contributed by atoms with E-state index in [1.807, 2.05) is 84.9 Å². The van der Waals surface area contributed by atoms with E-state index >= 15 is 0 Å². The molecule has 0 aliphatic heterocycles. The van der Waals surface area contributed by atoms with Gasteiger partial charge >= 0.3 is 0 Å². The number of azo groups is 2. The van der Waals surface area contributed by atoms with E-state index in [1.165, 1.54) is 0 Å². The predicted octanol–water partition coefficient (Wildman–Crippen LogP) is 9.85. The van der Waals surface area contributed by atoms with Gasteiger partial charge in [-0.25, -0.2) is 0 Å². The lowest BCUT2D eigenvalue weighted by Gasteiger charge is -2.06. The summed E-state index contributed by atoms with van der Waals surface area (Å²) in [6, 6.07) is 44.2. The maximum absolute atomic E-state index is 4.31. The van der Waals surface area contributed by atoms with Crippen molar-refractivity contribution in [2.75, 3.05) is 0 Å². The van der Waals surface area contributed by atoms with Crippen molar-refractivity contribution in [2.24, 2.45) is 20.5 Å². The SMILES string of the molecule is c1ccc(N=Nc2ccc(-c3ccc(-c4ccc(N=Nc5ccccc5)cc4)cc3)cc2)cc1. The van der Waals surface area contributed by atoms with Gasteiger partial charge in [0.25, 0.3) is 0 Å². The van der Waals surface area contributed by atoms with Crippen molar-refractivity contribution >= 4 is 22.7 Å². The minimum absolute atomic E-state index is 0.828. The minimum Gasteiger partial charge on any atom is -0.151 e. The molecule has 0 saturated carbocycles. The van der Waals surface area contributed by atoms with Gasteiger partial charge in [0.1, 0.15) is 0 Å². The largest absolute Gasteiger partial charge is 0.151 e. The van der Waals surface area contributed by atoms with Crippen LogP contribution in [0.4, 0.5) is 22.7 Å². The Balaban J connectivity index is 1.25. The Morgan fingerprint density at radius 1 is 0.235 bits per heavy atom. The molecule has 5 aromatic rings. The topological polar surface area (TPSA) is 49.4 Å². The van der Waals surface area contributed by atoms with E-state index in [4.69, 9.17) is 0 Å². The van der Waals surface area contributed by atoms with Gasteiger partial charge in [-0.1, -0.05) is 84.9 Å². The molecule has 0 unspecified atom stereocenters. The van der Waals surface area contributed by atoms with Gasteiger partial charge in [0.05, 0.1) is 22.7 Å². The first-order valence-electron chi connectivity index (χ1n) is 11.1. The molecule has 0 radical (unpaired) electrons. The Kier molecular flexibility index (Phi) is 6.40. The van der Waals surface area contributed by atoms with Gasteiger partial charge in [-0.05, 0) is 70.8 Å². The zero-order valence-corrected chi connectivity index (χ0v) is 18.5. The quantitative estimate of drug-likeness (QED) is 0.237. The highest BCUT2D eigenvalue weighted by Crippen LogP contribution is 2.28. The highest BCUT2D eigenvalue weighted by Gasteiger charge is 2.02. The molecule has 5 aromatic carbocycles. The summed E-state index contributed by atoms with van der Waals surface area (Å²) in [4.78, 5) is 0. The van der Waals surface area contributed by atoms with E-state index in [0.717, 1.165) is 45.0 Å². The first-order chi connectivity index (χ1) is 16.8. The monoisotopic (exact) mass is 438 g/mol. The molecule has 4 heteroatoms. The summed E-state index contributed by atoms with van der Waals surface area (Å²) in [5.74, 6) is 0. The van der Waals surface area contributed by atoms with Crippen LogP contribution in [0.3, 0.4) is 0 Å². The zero-order valence-electron chi connectivity index (χ0n) is 18.5. The van der Waals surface area contributed by atoms with E-state index < -0.39 is 0 Å². The molecule has 0 bridgehead atoms. The Labute approximate surface area is 199 Å². The fraction of sp³-hybridized carbons (Fsp3) is 0. The molecule has 0 aliphatic carbocycles. The minimum atomic E-state index is 0.828. The highest BCUT2D eigenvalue weighted by molar-refractivity contribution is 5.71. The summed E-state index contributed by atoms with van der Waals surface area (Å²) in [5, 5.41) is 17.2. The van der Waals surface area contributed by atoms with E-state index in [-0.39, 0.29) is 0 Å². The third kappa shape index (κ3) is 5.37. The van der Waals surface area contributed by atoms with Crippen LogP contribution in [0.15, 0.2) is 154 Å². The Morgan fingerprint density at radius 2 is 0.471 bits per heavy atom. The van der Waals surface area contributed by atoms with Crippen molar-refractivity contribution in [2.45, 2.75) is 0 Å². The fourth-order valence-corrected chi connectivity index (χ4v) is 3.52. The number of rotatable bonds is 6. The molecular formula is C30H22N4. The van der Waals surface area contributed by atoms with Crippen LogP contribution < -0.4 is 0 Å². The van der Waals surface area contributed by atoms with Gasteiger partial charge in [0, 0.05) is 0 Å². The second-order valence-corrected chi connectivity index (χ2v) is 7.74. The highest BCUT2D eigenvalue weighted by atomic mass is 15.1. The van der Waals surface area contributed by atoms with Gasteiger partial charge in [-0.2, -0.15) is 20.5 Å². The first-order valence-corrected chi connectivity index (χ1v) is 11.1. The second kappa shape index (κ2) is 10.3. The zero-order chi connectivity index (χ0) is 23.0. The Bertz CT molecular complexity index is 1280. The average Bonchev–Trinajstić information content (AvgIpc) is 2.93. The molecule has 162 valence electrons. The van der Waals surface area contributed by atoms with E-state index in [9.17, 15) is 0 Å². The van der Waals surface area contributed by atoms with Crippen molar-refractivity contribution < 1.29 is 0 Å². The Hall–Kier alpha value is -4.70. The molecule has 0 aliphatic rings. The van der Waals surface area contributed by atoms with E-state index in [1.54, 1.807) is 0 Å².